The van der Waals surface area contributed by atoms with Gasteiger partial charge in [-0.15, -0.1) is 0 Å². The zero-order chi connectivity index (χ0) is 20.4. The van der Waals surface area contributed by atoms with Gasteiger partial charge in [0.2, 0.25) is 5.95 Å². The number of piperidine rings is 1. The molecule has 0 radical (unpaired) electrons. The van der Waals surface area contributed by atoms with Crippen molar-refractivity contribution in [3.05, 3.63) is 41.6 Å². The highest BCUT2D eigenvalue weighted by atomic mass is 16.5. The van der Waals surface area contributed by atoms with E-state index in [-0.39, 0.29) is 23.8 Å². The summed E-state index contributed by atoms with van der Waals surface area (Å²) in [6.07, 6.45) is 3.94. The van der Waals surface area contributed by atoms with E-state index >= 15 is 0 Å². The van der Waals surface area contributed by atoms with E-state index in [1.165, 1.54) is 0 Å². The Bertz CT molecular complexity index is 980. The molecule has 1 fully saturated rings. The molecule has 4 rings (SSSR count). The molecular formula is C21H28N6O2. The van der Waals surface area contributed by atoms with Crippen LogP contribution < -0.4 is 15.4 Å². The number of anilines is 1. The second kappa shape index (κ2) is 8.24. The van der Waals surface area contributed by atoms with Crippen LogP contribution in [0.3, 0.4) is 0 Å². The van der Waals surface area contributed by atoms with Gasteiger partial charge in [0.1, 0.15) is 11.9 Å². The maximum Gasteiger partial charge on any atom is 0.322 e. The number of rotatable bonds is 6. The monoisotopic (exact) mass is 396 g/mol. The summed E-state index contributed by atoms with van der Waals surface area (Å²) in [6.45, 7) is 8.01. The molecule has 8 nitrogen and oxygen atoms in total. The third-order valence-corrected chi connectivity index (χ3v) is 5.27. The molecule has 0 spiro atoms. The zero-order valence-corrected chi connectivity index (χ0v) is 17.1. The quantitative estimate of drug-likeness (QED) is 0.588. The second-order valence-electron chi connectivity index (χ2n) is 7.83. The maximum atomic E-state index is 10.2. The molecule has 1 aliphatic rings. The molecule has 2 aromatic heterocycles. The normalized spacial score (nSPS) is 18.1. The number of hydrogen-bond acceptors (Lipinski definition) is 7. The van der Waals surface area contributed by atoms with Crippen LogP contribution in [0.15, 0.2) is 30.5 Å². The molecule has 1 aromatic carbocycles. The van der Waals surface area contributed by atoms with Crippen molar-refractivity contribution < 1.29 is 9.84 Å². The van der Waals surface area contributed by atoms with E-state index in [0.29, 0.717) is 12.0 Å². The Morgan fingerprint density at radius 3 is 2.76 bits per heavy atom. The Kier molecular flexibility index (Phi) is 5.53. The molecular weight excluding hydrogens is 368 g/mol. The standard InChI is InChI=1S/C21H28N6O2/c1-13(2)17-12-23-27-19(17)25-21(29-15-7-6-10-22-11-15)26-20(27)24-14(3)16-8-4-5-9-18(16)28/h4-5,8-9,12-15,22,28H,6-7,10-11H2,1-3H3,(H,24,25,26). The largest absolute Gasteiger partial charge is 0.508 e. The number of fused-ring (bicyclic) bond motifs is 1. The van der Waals surface area contributed by atoms with Crippen LogP contribution in [0.25, 0.3) is 5.65 Å². The molecule has 2 atom stereocenters. The Labute approximate surface area is 170 Å². The Hall–Kier alpha value is -2.87. The van der Waals surface area contributed by atoms with Gasteiger partial charge in [-0.05, 0) is 38.3 Å². The molecule has 0 saturated carbocycles. The predicted octanol–water partition coefficient (Wildman–Crippen LogP) is 3.26. The van der Waals surface area contributed by atoms with Crippen molar-refractivity contribution >= 4 is 11.6 Å². The lowest BCUT2D eigenvalue weighted by Crippen LogP contribution is -2.37. The van der Waals surface area contributed by atoms with Gasteiger partial charge in [0.15, 0.2) is 5.65 Å². The van der Waals surface area contributed by atoms with Crippen molar-refractivity contribution in [2.75, 3.05) is 18.4 Å². The number of phenolic OH excluding ortho intramolecular Hbond substituents is 1. The summed E-state index contributed by atoms with van der Waals surface area (Å²) < 4.78 is 7.81. The van der Waals surface area contributed by atoms with Crippen molar-refractivity contribution in [1.29, 1.82) is 0 Å². The van der Waals surface area contributed by atoms with Crippen molar-refractivity contribution in [2.24, 2.45) is 0 Å². The van der Waals surface area contributed by atoms with Crippen LogP contribution in [0, 0.1) is 0 Å². The molecule has 3 aromatic rings. The van der Waals surface area contributed by atoms with E-state index in [9.17, 15) is 5.11 Å². The first-order valence-electron chi connectivity index (χ1n) is 10.2. The number of para-hydroxylation sites is 1. The second-order valence-corrected chi connectivity index (χ2v) is 7.83. The van der Waals surface area contributed by atoms with E-state index in [4.69, 9.17) is 4.74 Å². The smallest absolute Gasteiger partial charge is 0.322 e. The van der Waals surface area contributed by atoms with Gasteiger partial charge in [0.05, 0.1) is 12.2 Å². The van der Waals surface area contributed by atoms with E-state index in [0.717, 1.165) is 42.7 Å². The third kappa shape index (κ3) is 4.12. The molecule has 154 valence electrons. The van der Waals surface area contributed by atoms with Gasteiger partial charge < -0.3 is 20.5 Å². The Morgan fingerprint density at radius 2 is 2.03 bits per heavy atom. The first-order valence-corrected chi connectivity index (χ1v) is 10.2. The highest BCUT2D eigenvalue weighted by molar-refractivity contribution is 5.53. The first-order chi connectivity index (χ1) is 14.0. The third-order valence-electron chi connectivity index (χ3n) is 5.27. The zero-order valence-electron chi connectivity index (χ0n) is 17.1. The summed E-state index contributed by atoms with van der Waals surface area (Å²) in [4.78, 5) is 9.27. The van der Waals surface area contributed by atoms with Gasteiger partial charge in [0.25, 0.3) is 0 Å². The fourth-order valence-corrected chi connectivity index (χ4v) is 3.62. The highest BCUT2D eigenvalue weighted by Gasteiger charge is 2.21. The van der Waals surface area contributed by atoms with Crippen molar-refractivity contribution in [3.8, 4) is 11.8 Å². The summed E-state index contributed by atoms with van der Waals surface area (Å²) >= 11 is 0. The molecule has 8 heteroatoms. The number of nitrogens with zero attached hydrogens (tertiary/aromatic N) is 4. The molecule has 0 aliphatic carbocycles. The summed E-state index contributed by atoms with van der Waals surface area (Å²) in [7, 11) is 0. The van der Waals surface area contributed by atoms with Crippen LogP contribution in [0.5, 0.6) is 11.8 Å². The minimum atomic E-state index is -0.176. The van der Waals surface area contributed by atoms with Gasteiger partial charge in [-0.25, -0.2) is 0 Å². The molecule has 1 aliphatic heterocycles. The molecule has 1 saturated heterocycles. The van der Waals surface area contributed by atoms with Gasteiger partial charge in [-0.2, -0.15) is 19.6 Å². The van der Waals surface area contributed by atoms with Crippen molar-refractivity contribution in [1.82, 2.24) is 24.9 Å². The lowest BCUT2D eigenvalue weighted by molar-refractivity contribution is 0.153. The predicted molar refractivity (Wildman–Crippen MR) is 112 cm³/mol. The Morgan fingerprint density at radius 1 is 1.21 bits per heavy atom. The number of phenols is 1. The average Bonchev–Trinajstić information content (AvgIpc) is 3.13. The summed E-state index contributed by atoms with van der Waals surface area (Å²) in [5.74, 6) is 1.05. The number of hydrogen-bond donors (Lipinski definition) is 3. The summed E-state index contributed by atoms with van der Waals surface area (Å²) in [5, 5.41) is 21.4. The SMILES string of the molecule is CC(C)c1cnn2c(NC(C)c3ccccc3O)nc(OC3CCCNC3)nc12. The highest BCUT2D eigenvalue weighted by Crippen LogP contribution is 2.28. The van der Waals surface area contributed by atoms with Crippen LogP contribution in [0.4, 0.5) is 5.95 Å². The Balaban J connectivity index is 1.70. The van der Waals surface area contributed by atoms with Gasteiger partial charge in [0, 0.05) is 17.7 Å². The fraction of sp³-hybridized carbons (Fsp3) is 0.476. The maximum absolute atomic E-state index is 10.2. The van der Waals surface area contributed by atoms with E-state index in [1.807, 2.05) is 25.3 Å². The number of ether oxygens (including phenoxy) is 1. The van der Waals surface area contributed by atoms with Crippen LogP contribution >= 0.6 is 0 Å². The van der Waals surface area contributed by atoms with Crippen molar-refractivity contribution in [2.45, 2.75) is 51.7 Å². The lowest BCUT2D eigenvalue weighted by Gasteiger charge is -2.23. The minimum Gasteiger partial charge on any atom is -0.508 e. The average molecular weight is 396 g/mol. The summed E-state index contributed by atoms with van der Waals surface area (Å²) in [6, 6.07) is 7.45. The van der Waals surface area contributed by atoms with Crippen LogP contribution in [-0.4, -0.2) is 43.9 Å². The van der Waals surface area contributed by atoms with E-state index in [1.54, 1.807) is 16.6 Å². The number of aromatic hydroxyl groups is 1. The van der Waals surface area contributed by atoms with E-state index < -0.39 is 0 Å². The number of aromatic nitrogens is 4. The topological polar surface area (TPSA) is 96.6 Å². The van der Waals surface area contributed by atoms with Crippen LogP contribution in [-0.2, 0) is 0 Å². The summed E-state index contributed by atoms with van der Waals surface area (Å²) in [5.41, 5.74) is 2.56. The number of nitrogens with one attached hydrogen (secondary N) is 2. The van der Waals surface area contributed by atoms with Crippen LogP contribution in [0.1, 0.15) is 56.7 Å². The first kappa shape index (κ1) is 19.4. The van der Waals surface area contributed by atoms with E-state index in [2.05, 4.69) is 39.5 Å². The van der Waals surface area contributed by atoms with Gasteiger partial charge in [-0.1, -0.05) is 32.0 Å². The minimum absolute atomic E-state index is 0.0556. The lowest BCUT2D eigenvalue weighted by atomic mass is 10.1. The van der Waals surface area contributed by atoms with Gasteiger partial charge in [-0.3, -0.25) is 0 Å². The number of benzene rings is 1. The fourth-order valence-electron chi connectivity index (χ4n) is 3.62. The molecule has 0 bridgehead atoms. The van der Waals surface area contributed by atoms with Gasteiger partial charge >= 0.3 is 6.01 Å². The molecule has 3 N–H and O–H groups in total. The molecule has 2 unspecified atom stereocenters. The van der Waals surface area contributed by atoms with Crippen molar-refractivity contribution in [3.63, 3.8) is 0 Å². The molecule has 0 amide bonds. The van der Waals surface area contributed by atoms with Crippen LogP contribution in [0.2, 0.25) is 0 Å². The molecule has 3 heterocycles. The molecule has 29 heavy (non-hydrogen) atoms.